The highest BCUT2D eigenvalue weighted by Gasteiger charge is 2.15. The van der Waals surface area contributed by atoms with Gasteiger partial charge in [-0.3, -0.25) is 4.98 Å². The molecule has 0 amide bonds. The molecule has 2 aromatic rings. The Morgan fingerprint density at radius 2 is 1.84 bits per heavy atom. The van der Waals surface area contributed by atoms with Crippen LogP contribution in [0.5, 0.6) is 0 Å². The molecule has 0 aliphatic heterocycles. The van der Waals surface area contributed by atoms with Gasteiger partial charge in [-0.2, -0.15) is 0 Å². The Labute approximate surface area is 111 Å². The normalized spacial score (nSPS) is 12.4. The Kier molecular flexibility index (Phi) is 4.22. The third-order valence-electron chi connectivity index (χ3n) is 3.13. The fourth-order valence-electron chi connectivity index (χ4n) is 1.98. The Bertz CT molecular complexity index is 550. The first-order chi connectivity index (χ1) is 9.09. The lowest BCUT2D eigenvalue weighted by Gasteiger charge is -2.16. The number of rotatable bonds is 4. The smallest absolute Gasteiger partial charge is 0.130 e. The number of hydrogen-bond donors (Lipinski definition) is 1. The molecule has 1 N–H and O–H groups in total. The number of halogens is 2. The van der Waals surface area contributed by atoms with Crippen LogP contribution in [0.1, 0.15) is 29.8 Å². The van der Waals surface area contributed by atoms with Crippen molar-refractivity contribution in [2.75, 3.05) is 0 Å². The molecule has 1 aromatic heterocycles. The maximum atomic E-state index is 13.6. The zero-order valence-electron chi connectivity index (χ0n) is 11.0. The van der Waals surface area contributed by atoms with Gasteiger partial charge in [0.25, 0.3) is 0 Å². The van der Waals surface area contributed by atoms with Crippen LogP contribution in [0, 0.1) is 18.6 Å². The molecule has 19 heavy (non-hydrogen) atoms. The van der Waals surface area contributed by atoms with Crippen LogP contribution in [-0.2, 0) is 6.54 Å². The summed E-state index contributed by atoms with van der Waals surface area (Å²) >= 11 is 0. The van der Waals surface area contributed by atoms with E-state index in [0.717, 1.165) is 11.3 Å². The summed E-state index contributed by atoms with van der Waals surface area (Å²) in [5.74, 6) is -1.06. The molecule has 2 rings (SSSR count). The minimum absolute atomic E-state index is 0.0658. The number of aromatic nitrogens is 1. The van der Waals surface area contributed by atoms with Gasteiger partial charge in [0.15, 0.2) is 0 Å². The molecule has 0 bridgehead atoms. The highest BCUT2D eigenvalue weighted by molar-refractivity contribution is 5.23. The van der Waals surface area contributed by atoms with Gasteiger partial charge in [-0.1, -0.05) is 12.1 Å². The van der Waals surface area contributed by atoms with Crippen LogP contribution in [0.25, 0.3) is 0 Å². The first-order valence-electron chi connectivity index (χ1n) is 6.17. The molecule has 100 valence electrons. The van der Waals surface area contributed by atoms with E-state index in [2.05, 4.69) is 10.3 Å². The third kappa shape index (κ3) is 3.15. The standard InChI is InChI=1S/C15H16F2N2/c1-10-5-4-8-18-14(10)9-19-11(2)15-12(16)6-3-7-13(15)17/h3-8,11,19H,9H2,1-2H3. The van der Waals surface area contributed by atoms with Gasteiger partial charge in [0, 0.05) is 24.3 Å². The number of hydrogen-bond acceptors (Lipinski definition) is 2. The van der Waals surface area contributed by atoms with Crippen LogP contribution in [0.2, 0.25) is 0 Å². The van der Waals surface area contributed by atoms with Gasteiger partial charge < -0.3 is 5.32 Å². The van der Waals surface area contributed by atoms with Crippen molar-refractivity contribution in [3.05, 3.63) is 65.0 Å². The third-order valence-corrected chi connectivity index (χ3v) is 3.13. The average Bonchev–Trinajstić information content (AvgIpc) is 2.37. The number of nitrogens with zero attached hydrogens (tertiary/aromatic N) is 1. The monoisotopic (exact) mass is 262 g/mol. The summed E-state index contributed by atoms with van der Waals surface area (Å²) in [6.45, 7) is 4.17. The van der Waals surface area contributed by atoms with Crippen LogP contribution >= 0.6 is 0 Å². The molecule has 1 atom stereocenters. The Balaban J connectivity index is 2.10. The van der Waals surface area contributed by atoms with E-state index in [4.69, 9.17) is 0 Å². The summed E-state index contributed by atoms with van der Waals surface area (Å²) in [5.41, 5.74) is 2.00. The van der Waals surface area contributed by atoms with Gasteiger partial charge in [-0.15, -0.1) is 0 Å². The molecule has 0 spiro atoms. The van der Waals surface area contributed by atoms with Crippen molar-refractivity contribution in [1.29, 1.82) is 0 Å². The van der Waals surface area contributed by atoms with E-state index >= 15 is 0 Å². The van der Waals surface area contributed by atoms with Gasteiger partial charge in [0.05, 0.1) is 5.69 Å². The molecule has 0 saturated carbocycles. The number of nitrogens with one attached hydrogen (secondary N) is 1. The second-order valence-corrected chi connectivity index (χ2v) is 4.50. The van der Waals surface area contributed by atoms with E-state index in [1.165, 1.54) is 18.2 Å². The molecule has 1 aromatic carbocycles. The van der Waals surface area contributed by atoms with E-state index in [1.54, 1.807) is 13.1 Å². The van der Waals surface area contributed by atoms with Crippen LogP contribution in [-0.4, -0.2) is 4.98 Å². The molecular formula is C15H16F2N2. The van der Waals surface area contributed by atoms with Crippen molar-refractivity contribution in [3.8, 4) is 0 Å². The summed E-state index contributed by atoms with van der Waals surface area (Å²) in [4.78, 5) is 4.24. The van der Waals surface area contributed by atoms with Crippen molar-refractivity contribution in [1.82, 2.24) is 10.3 Å². The van der Waals surface area contributed by atoms with Crippen LogP contribution < -0.4 is 5.32 Å². The van der Waals surface area contributed by atoms with Crippen molar-refractivity contribution >= 4 is 0 Å². The topological polar surface area (TPSA) is 24.9 Å². The first kappa shape index (κ1) is 13.6. The van der Waals surface area contributed by atoms with Crippen LogP contribution in [0.3, 0.4) is 0 Å². The van der Waals surface area contributed by atoms with E-state index in [9.17, 15) is 8.78 Å². The van der Waals surface area contributed by atoms with Gasteiger partial charge >= 0.3 is 0 Å². The Hall–Kier alpha value is -1.81. The minimum Gasteiger partial charge on any atom is -0.304 e. The summed E-state index contributed by atoms with van der Waals surface area (Å²) in [5, 5.41) is 3.10. The van der Waals surface area contributed by atoms with Crippen molar-refractivity contribution < 1.29 is 8.78 Å². The van der Waals surface area contributed by atoms with Gasteiger partial charge in [-0.05, 0) is 37.6 Å². The molecule has 1 unspecified atom stereocenters. The molecule has 4 heteroatoms. The van der Waals surface area contributed by atoms with Crippen molar-refractivity contribution in [3.63, 3.8) is 0 Å². The lowest BCUT2D eigenvalue weighted by molar-refractivity contribution is 0.485. The minimum atomic E-state index is -0.530. The van der Waals surface area contributed by atoms with Crippen molar-refractivity contribution in [2.24, 2.45) is 0 Å². The Morgan fingerprint density at radius 3 is 2.47 bits per heavy atom. The molecule has 0 aliphatic carbocycles. The second-order valence-electron chi connectivity index (χ2n) is 4.50. The quantitative estimate of drug-likeness (QED) is 0.912. The zero-order chi connectivity index (χ0) is 13.8. The van der Waals surface area contributed by atoms with E-state index in [0.29, 0.717) is 6.54 Å². The molecule has 0 fully saturated rings. The summed E-state index contributed by atoms with van der Waals surface area (Å²) in [6, 6.07) is 7.30. The molecule has 1 heterocycles. The largest absolute Gasteiger partial charge is 0.304 e. The van der Waals surface area contributed by atoms with Gasteiger partial charge in [-0.25, -0.2) is 8.78 Å². The molecule has 2 nitrogen and oxygen atoms in total. The van der Waals surface area contributed by atoms with Crippen LogP contribution in [0.15, 0.2) is 36.5 Å². The summed E-state index contributed by atoms with van der Waals surface area (Å²) in [6.07, 6.45) is 1.71. The number of pyridine rings is 1. The van der Waals surface area contributed by atoms with E-state index in [-0.39, 0.29) is 5.56 Å². The summed E-state index contributed by atoms with van der Waals surface area (Å²) < 4.78 is 27.2. The number of aryl methyl sites for hydroxylation is 1. The fraction of sp³-hybridized carbons (Fsp3) is 0.267. The molecule has 0 saturated heterocycles. The highest BCUT2D eigenvalue weighted by Crippen LogP contribution is 2.20. The van der Waals surface area contributed by atoms with Crippen molar-refractivity contribution in [2.45, 2.75) is 26.4 Å². The predicted molar refractivity (Wildman–Crippen MR) is 70.6 cm³/mol. The number of benzene rings is 1. The maximum Gasteiger partial charge on any atom is 0.130 e. The fourth-order valence-corrected chi connectivity index (χ4v) is 1.98. The molecule has 0 aliphatic rings. The first-order valence-corrected chi connectivity index (χ1v) is 6.17. The highest BCUT2D eigenvalue weighted by atomic mass is 19.1. The second kappa shape index (κ2) is 5.89. The summed E-state index contributed by atoms with van der Waals surface area (Å²) in [7, 11) is 0. The average molecular weight is 262 g/mol. The zero-order valence-corrected chi connectivity index (χ0v) is 11.0. The maximum absolute atomic E-state index is 13.6. The molecule has 0 radical (unpaired) electrons. The van der Waals surface area contributed by atoms with Crippen LogP contribution in [0.4, 0.5) is 8.78 Å². The SMILES string of the molecule is Cc1cccnc1CNC(C)c1c(F)cccc1F. The van der Waals surface area contributed by atoms with E-state index in [1.807, 2.05) is 19.1 Å². The van der Waals surface area contributed by atoms with Gasteiger partial charge in [0.2, 0.25) is 0 Å². The van der Waals surface area contributed by atoms with Gasteiger partial charge in [0.1, 0.15) is 11.6 Å². The Morgan fingerprint density at radius 1 is 1.16 bits per heavy atom. The lowest BCUT2D eigenvalue weighted by Crippen LogP contribution is -2.21. The van der Waals surface area contributed by atoms with E-state index < -0.39 is 17.7 Å². The molecular weight excluding hydrogens is 246 g/mol. The predicted octanol–water partition coefficient (Wildman–Crippen LogP) is 3.52. The lowest BCUT2D eigenvalue weighted by atomic mass is 10.1.